The number of anilines is 1. The number of rotatable bonds is 5. The third-order valence-electron chi connectivity index (χ3n) is 4.54. The molecule has 1 aromatic carbocycles. The number of tetrazole rings is 1. The molecule has 1 aromatic heterocycles. The van der Waals surface area contributed by atoms with Crippen LogP contribution in [-0.4, -0.2) is 44.9 Å². The molecule has 1 aliphatic carbocycles. The average molecular weight is 383 g/mol. The van der Waals surface area contributed by atoms with Crippen LogP contribution in [0.5, 0.6) is 0 Å². The molecule has 2 aliphatic rings. The summed E-state index contributed by atoms with van der Waals surface area (Å²) < 4.78 is 21.2. The molecule has 1 aliphatic heterocycles. The van der Waals surface area contributed by atoms with Crippen LogP contribution < -0.4 is 11.1 Å². The van der Waals surface area contributed by atoms with E-state index in [9.17, 15) is 9.18 Å². The largest absolute Gasteiger partial charge is 0.364 e. The van der Waals surface area contributed by atoms with Gasteiger partial charge < -0.3 is 15.8 Å². The number of aromatic nitrogens is 4. The van der Waals surface area contributed by atoms with Gasteiger partial charge in [0.25, 0.3) is 5.91 Å². The molecule has 3 N–H and O–H groups in total. The van der Waals surface area contributed by atoms with Crippen LogP contribution in [0.15, 0.2) is 18.2 Å². The highest BCUT2D eigenvalue weighted by Crippen LogP contribution is 2.39. The Kier molecular flexibility index (Phi) is 5.49. The molecule has 2 atom stereocenters. The summed E-state index contributed by atoms with van der Waals surface area (Å²) in [5.74, 6) is 0.208. The highest BCUT2D eigenvalue weighted by Gasteiger charge is 2.31. The van der Waals surface area contributed by atoms with Gasteiger partial charge in [0.15, 0.2) is 5.82 Å². The molecule has 2 aromatic rings. The molecule has 140 valence electrons. The van der Waals surface area contributed by atoms with Gasteiger partial charge in [-0.15, -0.1) is 17.5 Å². The van der Waals surface area contributed by atoms with Crippen molar-refractivity contribution in [1.82, 2.24) is 20.2 Å². The number of carbonyl (C=O) groups is 1. The Balaban J connectivity index is 0.00000196. The standard InChI is InChI=1S/C16H19FN6O2.ClH/c17-12-5-3-10(19-16(24)14-6-4-11(8-18)25-14)7-13(12)23-15(9-1-2-9)20-21-22-23;/h3,5,7,9,11,14H,1-2,4,6,8,18H2,(H,19,24);1H/t11-,14+;/m1./s1. The second-order valence-electron chi connectivity index (χ2n) is 6.44. The lowest BCUT2D eigenvalue weighted by molar-refractivity contribution is -0.126. The molecule has 10 heteroatoms. The lowest BCUT2D eigenvalue weighted by Gasteiger charge is -2.14. The maximum atomic E-state index is 14.3. The Morgan fingerprint density at radius 2 is 2.15 bits per heavy atom. The monoisotopic (exact) mass is 382 g/mol. The summed E-state index contributed by atoms with van der Waals surface area (Å²) in [6, 6.07) is 4.33. The lowest BCUT2D eigenvalue weighted by Crippen LogP contribution is -2.29. The molecule has 0 bridgehead atoms. The third kappa shape index (κ3) is 3.69. The van der Waals surface area contributed by atoms with Crippen LogP contribution in [0.3, 0.4) is 0 Å². The number of hydrogen-bond donors (Lipinski definition) is 2. The summed E-state index contributed by atoms with van der Waals surface area (Å²) in [5, 5.41) is 14.3. The molecular weight excluding hydrogens is 363 g/mol. The molecule has 1 saturated carbocycles. The van der Waals surface area contributed by atoms with Crippen molar-refractivity contribution in [3.8, 4) is 5.69 Å². The molecule has 2 heterocycles. The molecule has 26 heavy (non-hydrogen) atoms. The van der Waals surface area contributed by atoms with Gasteiger partial charge >= 0.3 is 0 Å². The summed E-state index contributed by atoms with van der Waals surface area (Å²) >= 11 is 0. The van der Waals surface area contributed by atoms with Crippen molar-refractivity contribution in [2.24, 2.45) is 5.73 Å². The van der Waals surface area contributed by atoms with E-state index in [-0.39, 0.29) is 36.0 Å². The van der Waals surface area contributed by atoms with Crippen molar-refractivity contribution >= 4 is 24.0 Å². The van der Waals surface area contributed by atoms with E-state index in [0.29, 0.717) is 24.5 Å². The number of halogens is 2. The molecule has 1 amide bonds. The van der Waals surface area contributed by atoms with E-state index in [0.717, 1.165) is 19.3 Å². The van der Waals surface area contributed by atoms with E-state index < -0.39 is 11.9 Å². The molecule has 2 fully saturated rings. The lowest BCUT2D eigenvalue weighted by atomic mass is 10.2. The molecule has 0 radical (unpaired) electrons. The third-order valence-corrected chi connectivity index (χ3v) is 4.54. The normalized spacial score (nSPS) is 22.1. The maximum Gasteiger partial charge on any atom is 0.253 e. The summed E-state index contributed by atoms with van der Waals surface area (Å²) in [6.45, 7) is 0.397. The van der Waals surface area contributed by atoms with Gasteiger partial charge in [0, 0.05) is 18.2 Å². The average Bonchev–Trinajstić information content (AvgIpc) is 3.15. The first-order chi connectivity index (χ1) is 12.2. The molecule has 0 spiro atoms. The first-order valence-electron chi connectivity index (χ1n) is 8.40. The van der Waals surface area contributed by atoms with Crippen molar-refractivity contribution < 1.29 is 13.9 Å². The fourth-order valence-corrected chi connectivity index (χ4v) is 3.01. The zero-order chi connectivity index (χ0) is 17.4. The maximum absolute atomic E-state index is 14.3. The zero-order valence-electron chi connectivity index (χ0n) is 14.0. The van der Waals surface area contributed by atoms with E-state index in [4.69, 9.17) is 10.5 Å². The van der Waals surface area contributed by atoms with Gasteiger partial charge in [-0.25, -0.2) is 4.39 Å². The molecular formula is C16H20ClFN6O2. The van der Waals surface area contributed by atoms with Crippen molar-refractivity contribution in [2.45, 2.75) is 43.8 Å². The van der Waals surface area contributed by atoms with Crippen LogP contribution in [0, 0.1) is 5.82 Å². The number of ether oxygens (including phenoxy) is 1. The van der Waals surface area contributed by atoms with Crippen LogP contribution in [0.4, 0.5) is 10.1 Å². The van der Waals surface area contributed by atoms with E-state index >= 15 is 0 Å². The molecule has 0 unspecified atom stereocenters. The number of amides is 1. The Labute approximate surface area is 155 Å². The van der Waals surface area contributed by atoms with Gasteiger partial charge in [0.1, 0.15) is 17.6 Å². The van der Waals surface area contributed by atoms with Crippen LogP contribution in [-0.2, 0) is 9.53 Å². The minimum atomic E-state index is -0.530. The van der Waals surface area contributed by atoms with E-state index in [1.165, 1.54) is 22.9 Å². The second-order valence-corrected chi connectivity index (χ2v) is 6.44. The number of carbonyl (C=O) groups excluding carboxylic acids is 1. The minimum absolute atomic E-state index is 0. The number of benzene rings is 1. The number of nitrogens with one attached hydrogen (secondary N) is 1. The second kappa shape index (κ2) is 7.65. The fourth-order valence-electron chi connectivity index (χ4n) is 3.01. The van der Waals surface area contributed by atoms with Crippen molar-refractivity contribution in [3.63, 3.8) is 0 Å². The molecule has 4 rings (SSSR count). The number of nitrogens with zero attached hydrogens (tertiary/aromatic N) is 4. The zero-order valence-corrected chi connectivity index (χ0v) is 14.8. The first kappa shape index (κ1) is 18.7. The highest BCUT2D eigenvalue weighted by atomic mass is 35.5. The van der Waals surface area contributed by atoms with Gasteiger partial charge in [-0.1, -0.05) is 0 Å². The predicted molar refractivity (Wildman–Crippen MR) is 93.9 cm³/mol. The Hall–Kier alpha value is -2.10. The van der Waals surface area contributed by atoms with E-state index in [1.54, 1.807) is 0 Å². The minimum Gasteiger partial charge on any atom is -0.364 e. The summed E-state index contributed by atoms with van der Waals surface area (Å²) in [7, 11) is 0. The molecule has 1 saturated heterocycles. The topological polar surface area (TPSA) is 108 Å². The van der Waals surface area contributed by atoms with Gasteiger partial charge in [-0.05, 0) is 54.3 Å². The van der Waals surface area contributed by atoms with Gasteiger partial charge in [0.05, 0.1) is 6.10 Å². The van der Waals surface area contributed by atoms with Crippen LogP contribution in [0.1, 0.15) is 37.4 Å². The van der Waals surface area contributed by atoms with Crippen molar-refractivity contribution in [2.75, 3.05) is 11.9 Å². The highest BCUT2D eigenvalue weighted by molar-refractivity contribution is 5.94. The summed E-state index contributed by atoms with van der Waals surface area (Å²) in [5.41, 5.74) is 6.25. The first-order valence-corrected chi connectivity index (χ1v) is 8.40. The van der Waals surface area contributed by atoms with Crippen LogP contribution in [0.25, 0.3) is 5.69 Å². The van der Waals surface area contributed by atoms with E-state index in [2.05, 4.69) is 20.8 Å². The quantitative estimate of drug-likeness (QED) is 0.812. The Bertz CT molecular complexity index is 797. The van der Waals surface area contributed by atoms with Gasteiger partial charge in [0.2, 0.25) is 0 Å². The Morgan fingerprint density at radius 3 is 2.85 bits per heavy atom. The van der Waals surface area contributed by atoms with Crippen molar-refractivity contribution in [3.05, 3.63) is 29.8 Å². The van der Waals surface area contributed by atoms with Gasteiger partial charge in [-0.3, -0.25) is 4.79 Å². The van der Waals surface area contributed by atoms with E-state index in [1.807, 2.05) is 0 Å². The summed E-state index contributed by atoms with van der Waals surface area (Å²) in [6.07, 6.45) is 2.78. The van der Waals surface area contributed by atoms with Crippen molar-refractivity contribution in [1.29, 1.82) is 0 Å². The smallest absolute Gasteiger partial charge is 0.253 e. The predicted octanol–water partition coefficient (Wildman–Crippen LogP) is 1.55. The molecule has 8 nitrogen and oxygen atoms in total. The summed E-state index contributed by atoms with van der Waals surface area (Å²) in [4.78, 5) is 12.3. The number of nitrogens with two attached hydrogens (primary N) is 1. The SMILES string of the molecule is Cl.NC[C@H]1CC[C@@H](C(=O)Nc2ccc(F)c(-n3nnnc3C3CC3)c2)O1. The fraction of sp³-hybridized carbons (Fsp3) is 0.500. The van der Waals surface area contributed by atoms with Crippen LogP contribution >= 0.6 is 12.4 Å². The van der Waals surface area contributed by atoms with Gasteiger partial charge in [-0.2, -0.15) is 4.68 Å². The number of hydrogen-bond acceptors (Lipinski definition) is 6. The van der Waals surface area contributed by atoms with Crippen LogP contribution in [0.2, 0.25) is 0 Å². The Morgan fingerprint density at radius 1 is 1.35 bits per heavy atom.